The summed E-state index contributed by atoms with van der Waals surface area (Å²) in [7, 11) is 0. The SMILES string of the molecule is C[C@H]([N-]C(CC(F)(F)F)CC(F)(F)F)c1ccccc1.[Li+]. The first kappa shape index (κ1) is 20.4. The average Bonchev–Trinajstić information content (AvgIpc) is 2.25. The van der Waals surface area contributed by atoms with Gasteiger partial charge in [0.1, 0.15) is 0 Å². The van der Waals surface area contributed by atoms with Gasteiger partial charge in [0.15, 0.2) is 0 Å². The van der Waals surface area contributed by atoms with Crippen LogP contribution in [0.4, 0.5) is 26.3 Å². The summed E-state index contributed by atoms with van der Waals surface area (Å²) >= 11 is 0. The van der Waals surface area contributed by atoms with Gasteiger partial charge in [-0.1, -0.05) is 42.8 Å². The molecule has 114 valence electrons. The van der Waals surface area contributed by atoms with Gasteiger partial charge in [-0.25, -0.2) is 0 Å². The van der Waals surface area contributed by atoms with E-state index in [9.17, 15) is 26.3 Å². The summed E-state index contributed by atoms with van der Waals surface area (Å²) in [6.45, 7) is 1.48. The van der Waals surface area contributed by atoms with Gasteiger partial charge < -0.3 is 5.32 Å². The summed E-state index contributed by atoms with van der Waals surface area (Å²) in [5.74, 6) is 0. The van der Waals surface area contributed by atoms with E-state index in [1.165, 1.54) is 6.92 Å². The second-order valence-corrected chi connectivity index (χ2v) is 4.53. The molecule has 0 radical (unpaired) electrons. The summed E-state index contributed by atoms with van der Waals surface area (Å²) in [6, 6.07) is 5.72. The fourth-order valence-electron chi connectivity index (χ4n) is 1.85. The first-order valence-electron chi connectivity index (χ1n) is 5.95. The third-order valence-corrected chi connectivity index (χ3v) is 2.65. The molecule has 0 aliphatic carbocycles. The first-order valence-corrected chi connectivity index (χ1v) is 5.95. The molecule has 0 spiro atoms. The Hall–Kier alpha value is -0.643. The molecular formula is C13H14F6LiN. The van der Waals surface area contributed by atoms with Crippen molar-refractivity contribution in [3.63, 3.8) is 0 Å². The summed E-state index contributed by atoms with van der Waals surface area (Å²) < 4.78 is 73.8. The number of alkyl halides is 6. The van der Waals surface area contributed by atoms with E-state index in [-0.39, 0.29) is 18.9 Å². The molecule has 0 aliphatic heterocycles. The van der Waals surface area contributed by atoms with Crippen LogP contribution in [0.1, 0.15) is 31.4 Å². The summed E-state index contributed by atoms with van der Waals surface area (Å²) in [5.41, 5.74) is 0.585. The van der Waals surface area contributed by atoms with Gasteiger partial charge in [-0.15, -0.1) is 12.1 Å². The quantitative estimate of drug-likeness (QED) is 0.586. The molecule has 8 heteroatoms. The van der Waals surface area contributed by atoms with Crippen molar-refractivity contribution in [1.29, 1.82) is 0 Å². The van der Waals surface area contributed by atoms with Crippen LogP contribution < -0.4 is 18.9 Å². The van der Waals surface area contributed by atoms with Crippen LogP contribution in [0, 0.1) is 0 Å². The van der Waals surface area contributed by atoms with E-state index in [0.717, 1.165) is 0 Å². The number of nitrogens with zero attached hydrogens (tertiary/aromatic N) is 1. The fourth-order valence-corrected chi connectivity index (χ4v) is 1.85. The minimum atomic E-state index is -4.67. The number of benzene rings is 1. The smallest absolute Gasteiger partial charge is 0.653 e. The van der Waals surface area contributed by atoms with Crippen molar-refractivity contribution in [2.75, 3.05) is 0 Å². The van der Waals surface area contributed by atoms with Crippen molar-refractivity contribution in [2.45, 2.75) is 44.2 Å². The average molecular weight is 305 g/mol. The normalized spacial score (nSPS) is 13.9. The zero-order valence-electron chi connectivity index (χ0n) is 11.7. The Balaban J connectivity index is 0.00000400. The van der Waals surface area contributed by atoms with Gasteiger partial charge in [-0.05, 0) is 0 Å². The molecule has 1 rings (SSSR count). The van der Waals surface area contributed by atoms with Crippen molar-refractivity contribution < 1.29 is 45.2 Å². The summed E-state index contributed by atoms with van der Waals surface area (Å²) in [5, 5.41) is 3.68. The maximum Gasteiger partial charge on any atom is 1.00 e. The fraction of sp³-hybridized carbons (Fsp3) is 0.538. The number of hydrogen-bond acceptors (Lipinski definition) is 0. The summed E-state index contributed by atoms with van der Waals surface area (Å²) in [6.07, 6.45) is -12.5. The second kappa shape index (κ2) is 8.11. The van der Waals surface area contributed by atoms with Gasteiger partial charge in [0, 0.05) is 12.8 Å². The number of halogens is 6. The van der Waals surface area contributed by atoms with Gasteiger partial charge >= 0.3 is 31.2 Å². The van der Waals surface area contributed by atoms with Crippen LogP contribution in [0.25, 0.3) is 5.32 Å². The molecule has 0 N–H and O–H groups in total. The zero-order valence-corrected chi connectivity index (χ0v) is 11.7. The molecule has 1 atom stereocenters. The maximum atomic E-state index is 12.3. The molecule has 0 heterocycles. The van der Waals surface area contributed by atoms with Gasteiger partial charge in [-0.2, -0.15) is 26.3 Å². The van der Waals surface area contributed by atoms with E-state index in [1.54, 1.807) is 30.3 Å². The molecule has 1 aromatic rings. The van der Waals surface area contributed by atoms with Crippen molar-refractivity contribution in [1.82, 2.24) is 0 Å². The molecule has 0 amide bonds. The monoisotopic (exact) mass is 305 g/mol. The molecule has 0 saturated carbocycles. The van der Waals surface area contributed by atoms with E-state index in [4.69, 9.17) is 0 Å². The molecule has 1 nitrogen and oxygen atoms in total. The topological polar surface area (TPSA) is 14.1 Å². The van der Waals surface area contributed by atoms with Crippen molar-refractivity contribution in [3.8, 4) is 0 Å². The minimum absolute atomic E-state index is 0. The van der Waals surface area contributed by atoms with Gasteiger partial charge in [0.2, 0.25) is 0 Å². The standard InChI is InChI=1S/C13H14F6N.Li/c1-9(10-5-3-2-4-6-10)20-11(7-12(14,15)16)8-13(17,18)19;/h2-6,9,11H,7-8H2,1H3;/q-1;+1/t9-;/m0./s1. The van der Waals surface area contributed by atoms with E-state index >= 15 is 0 Å². The first-order chi connectivity index (χ1) is 9.07. The molecule has 1 aromatic carbocycles. The Morgan fingerprint density at radius 2 is 1.33 bits per heavy atom. The van der Waals surface area contributed by atoms with E-state index in [1.807, 2.05) is 0 Å². The number of rotatable bonds is 5. The zero-order chi connectivity index (χ0) is 15.4. The second-order valence-electron chi connectivity index (χ2n) is 4.53. The molecular weight excluding hydrogens is 291 g/mol. The van der Waals surface area contributed by atoms with Crippen LogP contribution in [0.3, 0.4) is 0 Å². The third-order valence-electron chi connectivity index (χ3n) is 2.65. The summed E-state index contributed by atoms with van der Waals surface area (Å²) in [4.78, 5) is 0. The van der Waals surface area contributed by atoms with Crippen LogP contribution in [-0.2, 0) is 0 Å². The van der Waals surface area contributed by atoms with Crippen LogP contribution >= 0.6 is 0 Å². The van der Waals surface area contributed by atoms with Crippen molar-refractivity contribution in [2.24, 2.45) is 0 Å². The van der Waals surface area contributed by atoms with E-state index in [2.05, 4.69) is 5.32 Å². The Bertz CT molecular complexity index is 387. The third kappa shape index (κ3) is 9.07. The van der Waals surface area contributed by atoms with E-state index in [0.29, 0.717) is 5.56 Å². The van der Waals surface area contributed by atoms with Crippen molar-refractivity contribution >= 4 is 0 Å². The predicted octanol–water partition coefficient (Wildman–Crippen LogP) is 2.40. The Morgan fingerprint density at radius 1 is 0.905 bits per heavy atom. The largest absolute Gasteiger partial charge is 1.00 e. The molecule has 21 heavy (non-hydrogen) atoms. The molecule has 0 fully saturated rings. The van der Waals surface area contributed by atoms with Crippen LogP contribution in [0.5, 0.6) is 0 Å². The Morgan fingerprint density at radius 3 is 1.71 bits per heavy atom. The van der Waals surface area contributed by atoms with Crippen LogP contribution in [-0.4, -0.2) is 18.4 Å². The predicted molar refractivity (Wildman–Crippen MR) is 63.3 cm³/mol. The van der Waals surface area contributed by atoms with Gasteiger partial charge in [0.05, 0.1) is 0 Å². The Labute approximate surface area is 131 Å². The molecule has 0 unspecified atom stereocenters. The van der Waals surface area contributed by atoms with Crippen molar-refractivity contribution in [3.05, 3.63) is 41.2 Å². The van der Waals surface area contributed by atoms with Crippen LogP contribution in [0.15, 0.2) is 30.3 Å². The molecule has 0 saturated heterocycles. The minimum Gasteiger partial charge on any atom is -0.653 e. The van der Waals surface area contributed by atoms with Gasteiger partial charge in [-0.3, -0.25) is 0 Å². The molecule has 0 aliphatic rings. The van der Waals surface area contributed by atoms with Gasteiger partial charge in [0.25, 0.3) is 0 Å². The molecule has 0 bridgehead atoms. The maximum absolute atomic E-state index is 12.3. The van der Waals surface area contributed by atoms with Crippen LogP contribution in [0.2, 0.25) is 0 Å². The Kier molecular flexibility index (Phi) is 7.86. The number of hydrogen-bond donors (Lipinski definition) is 0. The van der Waals surface area contributed by atoms with E-state index < -0.39 is 37.3 Å². The molecule has 0 aromatic heterocycles.